The first kappa shape index (κ1) is 15.1. The Hall–Kier alpha value is -1.78. The number of nitrogens with one attached hydrogen (secondary N) is 1. The second kappa shape index (κ2) is 6.55. The maximum absolute atomic E-state index is 12.9. The Morgan fingerprint density at radius 2 is 1.45 bits per heavy atom. The molecule has 0 fully saturated rings. The Morgan fingerprint density at radius 3 is 1.95 bits per heavy atom. The van der Waals surface area contributed by atoms with E-state index < -0.39 is 0 Å². The molecule has 0 radical (unpaired) electrons. The summed E-state index contributed by atoms with van der Waals surface area (Å²) < 4.78 is 0. The van der Waals surface area contributed by atoms with E-state index in [1.807, 2.05) is 41.3 Å². The summed E-state index contributed by atoms with van der Waals surface area (Å²) in [4.78, 5) is 18.4. The second-order valence-corrected chi connectivity index (χ2v) is 6.48. The summed E-state index contributed by atoms with van der Waals surface area (Å²) in [5.74, 6) is 0.166. The Labute approximate surface area is 135 Å². The van der Waals surface area contributed by atoms with Crippen molar-refractivity contribution in [2.75, 3.05) is 24.5 Å². The Bertz CT molecular complexity index is 637. The molecule has 3 nitrogen and oxygen atoms in total. The van der Waals surface area contributed by atoms with Crippen LogP contribution < -0.4 is 9.80 Å². The predicted octanol–water partition coefficient (Wildman–Crippen LogP) is 2.74. The number of likely N-dealkylation sites (N-methyl/N-ethyl adjacent to an activating group) is 1. The van der Waals surface area contributed by atoms with Gasteiger partial charge in [-0.05, 0) is 38.1 Å². The number of quaternary nitrogens is 1. The minimum absolute atomic E-state index is 0.166. The van der Waals surface area contributed by atoms with Gasteiger partial charge in [-0.25, -0.2) is 0 Å². The van der Waals surface area contributed by atoms with Gasteiger partial charge in [0.15, 0.2) is 6.54 Å². The van der Waals surface area contributed by atoms with Crippen LogP contribution in [0.3, 0.4) is 0 Å². The number of benzene rings is 2. The Kier molecular flexibility index (Phi) is 4.50. The van der Waals surface area contributed by atoms with Crippen LogP contribution >= 0.6 is 11.8 Å². The number of carbonyl (C=O) groups excluding carboxylic acids is 1. The topological polar surface area (TPSA) is 24.8 Å². The minimum atomic E-state index is 0.166. The normalized spacial score (nSPS) is 13.0. The molecule has 1 aliphatic rings. The molecule has 2 aromatic carbocycles. The SMILES string of the molecule is CC[NH+](CC)CC(=O)N1c2ccccc2Sc2ccccc21. The molecule has 2 aromatic rings. The summed E-state index contributed by atoms with van der Waals surface area (Å²) in [6.45, 7) is 6.71. The van der Waals surface area contributed by atoms with Crippen LogP contribution in [0.2, 0.25) is 0 Å². The maximum atomic E-state index is 12.9. The van der Waals surface area contributed by atoms with Crippen LogP contribution in [0.15, 0.2) is 58.3 Å². The van der Waals surface area contributed by atoms with Crippen LogP contribution in [0.1, 0.15) is 13.8 Å². The van der Waals surface area contributed by atoms with Gasteiger partial charge in [0.1, 0.15) is 0 Å². The molecule has 0 bridgehead atoms. The molecule has 1 amide bonds. The van der Waals surface area contributed by atoms with Crippen molar-refractivity contribution in [2.45, 2.75) is 23.6 Å². The summed E-state index contributed by atoms with van der Waals surface area (Å²) in [5.41, 5.74) is 2.01. The van der Waals surface area contributed by atoms with E-state index in [0.29, 0.717) is 6.54 Å². The highest BCUT2D eigenvalue weighted by Crippen LogP contribution is 2.47. The number of amides is 1. The van der Waals surface area contributed by atoms with Crippen molar-refractivity contribution in [1.82, 2.24) is 0 Å². The van der Waals surface area contributed by atoms with Gasteiger partial charge >= 0.3 is 0 Å². The van der Waals surface area contributed by atoms with E-state index in [-0.39, 0.29) is 5.91 Å². The van der Waals surface area contributed by atoms with Crippen LogP contribution in [0, 0.1) is 0 Å². The highest BCUT2D eigenvalue weighted by Gasteiger charge is 2.29. The quantitative estimate of drug-likeness (QED) is 0.939. The van der Waals surface area contributed by atoms with Crippen LogP contribution in [-0.4, -0.2) is 25.5 Å². The molecule has 3 rings (SSSR count). The zero-order chi connectivity index (χ0) is 15.5. The van der Waals surface area contributed by atoms with Gasteiger partial charge in [0.2, 0.25) is 0 Å². The molecule has 0 spiro atoms. The van der Waals surface area contributed by atoms with Gasteiger partial charge in [0.05, 0.1) is 24.5 Å². The molecule has 1 aliphatic heterocycles. The Balaban J connectivity index is 2.01. The third-order valence-electron chi connectivity index (χ3n) is 4.08. The molecule has 4 heteroatoms. The van der Waals surface area contributed by atoms with Crippen LogP contribution in [-0.2, 0) is 4.79 Å². The number of nitrogens with zero attached hydrogens (tertiary/aromatic N) is 1. The van der Waals surface area contributed by atoms with Crippen molar-refractivity contribution < 1.29 is 9.69 Å². The lowest BCUT2D eigenvalue weighted by molar-refractivity contribution is -0.888. The van der Waals surface area contributed by atoms with Crippen molar-refractivity contribution in [1.29, 1.82) is 0 Å². The molecule has 1 N–H and O–H groups in total. The van der Waals surface area contributed by atoms with Gasteiger partial charge < -0.3 is 4.90 Å². The Morgan fingerprint density at radius 1 is 0.955 bits per heavy atom. The van der Waals surface area contributed by atoms with Gasteiger partial charge in [-0.1, -0.05) is 36.0 Å². The van der Waals surface area contributed by atoms with E-state index in [2.05, 4.69) is 26.0 Å². The smallest absolute Gasteiger partial charge is 0.286 e. The highest BCUT2D eigenvalue weighted by atomic mass is 32.2. The van der Waals surface area contributed by atoms with E-state index in [0.717, 1.165) is 34.3 Å². The van der Waals surface area contributed by atoms with E-state index in [9.17, 15) is 4.79 Å². The third-order valence-corrected chi connectivity index (χ3v) is 5.21. The van der Waals surface area contributed by atoms with E-state index in [1.54, 1.807) is 11.8 Å². The first-order chi connectivity index (χ1) is 10.7. The van der Waals surface area contributed by atoms with E-state index in [4.69, 9.17) is 0 Å². The lowest BCUT2D eigenvalue weighted by Crippen LogP contribution is -3.12. The number of para-hydroxylation sites is 2. The van der Waals surface area contributed by atoms with Crippen molar-refractivity contribution in [2.24, 2.45) is 0 Å². The fraction of sp³-hybridized carbons (Fsp3) is 0.278. The minimum Gasteiger partial charge on any atom is -0.328 e. The fourth-order valence-corrected chi connectivity index (χ4v) is 3.82. The lowest BCUT2D eigenvalue weighted by Gasteiger charge is -2.31. The molecule has 1 heterocycles. The zero-order valence-corrected chi connectivity index (χ0v) is 13.8. The summed E-state index contributed by atoms with van der Waals surface area (Å²) in [6, 6.07) is 16.3. The molecule has 114 valence electrons. The van der Waals surface area contributed by atoms with Gasteiger partial charge in [-0.2, -0.15) is 0 Å². The second-order valence-electron chi connectivity index (χ2n) is 5.40. The average molecular weight is 313 g/mol. The molecule has 0 atom stereocenters. The molecular formula is C18H21N2OS+. The number of fused-ring (bicyclic) bond motifs is 2. The van der Waals surface area contributed by atoms with Crippen molar-refractivity contribution in [3.05, 3.63) is 48.5 Å². The number of carbonyl (C=O) groups is 1. The zero-order valence-electron chi connectivity index (χ0n) is 13.0. The largest absolute Gasteiger partial charge is 0.328 e. The molecule has 0 saturated carbocycles. The van der Waals surface area contributed by atoms with Gasteiger partial charge in [0, 0.05) is 9.79 Å². The van der Waals surface area contributed by atoms with E-state index in [1.165, 1.54) is 4.90 Å². The fourth-order valence-electron chi connectivity index (χ4n) is 2.77. The molecule has 0 aromatic heterocycles. The molecule has 22 heavy (non-hydrogen) atoms. The van der Waals surface area contributed by atoms with Crippen LogP contribution in [0.5, 0.6) is 0 Å². The molecule has 0 aliphatic carbocycles. The summed E-state index contributed by atoms with van der Waals surface area (Å²) in [7, 11) is 0. The summed E-state index contributed by atoms with van der Waals surface area (Å²) in [6.07, 6.45) is 0. The van der Waals surface area contributed by atoms with Gasteiger partial charge in [-0.15, -0.1) is 0 Å². The van der Waals surface area contributed by atoms with Crippen LogP contribution in [0.4, 0.5) is 11.4 Å². The first-order valence-electron chi connectivity index (χ1n) is 7.77. The third kappa shape index (κ3) is 2.76. The first-order valence-corrected chi connectivity index (χ1v) is 8.58. The molecule has 0 unspecified atom stereocenters. The molecule has 0 saturated heterocycles. The molecular weight excluding hydrogens is 292 g/mol. The summed E-state index contributed by atoms with van der Waals surface area (Å²) in [5, 5.41) is 0. The monoisotopic (exact) mass is 313 g/mol. The highest BCUT2D eigenvalue weighted by molar-refractivity contribution is 7.99. The van der Waals surface area contributed by atoms with E-state index >= 15 is 0 Å². The number of rotatable bonds is 4. The standard InChI is InChI=1S/C18H20N2OS/c1-3-19(4-2)13-18(21)20-14-9-5-7-11-16(14)22-17-12-8-6-10-15(17)20/h5-12H,3-4,13H2,1-2H3/p+1. The average Bonchev–Trinajstić information content (AvgIpc) is 2.57. The lowest BCUT2D eigenvalue weighted by atomic mass is 10.2. The number of hydrogen-bond donors (Lipinski definition) is 1. The summed E-state index contributed by atoms with van der Waals surface area (Å²) >= 11 is 1.73. The number of anilines is 2. The van der Waals surface area contributed by atoms with Crippen molar-refractivity contribution >= 4 is 29.0 Å². The van der Waals surface area contributed by atoms with Gasteiger partial charge in [-0.3, -0.25) is 9.69 Å². The van der Waals surface area contributed by atoms with Crippen LogP contribution in [0.25, 0.3) is 0 Å². The maximum Gasteiger partial charge on any atom is 0.286 e. The van der Waals surface area contributed by atoms with Crippen molar-refractivity contribution in [3.63, 3.8) is 0 Å². The number of hydrogen-bond acceptors (Lipinski definition) is 2. The van der Waals surface area contributed by atoms with Crippen molar-refractivity contribution in [3.8, 4) is 0 Å². The predicted molar refractivity (Wildman–Crippen MR) is 91.1 cm³/mol. The van der Waals surface area contributed by atoms with Gasteiger partial charge in [0.25, 0.3) is 5.91 Å².